The zero-order valence-corrected chi connectivity index (χ0v) is 18.7. The molecular weight excluding hydrogens is 418 g/mol. The van der Waals surface area contributed by atoms with E-state index in [0.29, 0.717) is 30.8 Å². The lowest BCUT2D eigenvalue weighted by Gasteiger charge is -2.25. The summed E-state index contributed by atoms with van der Waals surface area (Å²) < 4.78 is 7.59. The fourth-order valence-corrected chi connectivity index (χ4v) is 4.05. The highest BCUT2D eigenvalue weighted by molar-refractivity contribution is 6.46. The number of hydrogen-bond donors (Lipinski definition) is 1. The number of likely N-dealkylation sites (tertiary alicyclic amines) is 1. The third kappa shape index (κ3) is 4.82. The molecule has 1 amide bonds. The number of aryl methyl sites for hydroxylation is 1. The van der Waals surface area contributed by atoms with Crippen LogP contribution in [0.15, 0.2) is 78.9 Å². The fraction of sp³-hybridized carbons (Fsp3) is 0.269. The molecule has 1 N–H and O–H groups in total. The highest BCUT2D eigenvalue weighted by Crippen LogP contribution is 2.39. The van der Waals surface area contributed by atoms with E-state index in [0.717, 1.165) is 5.56 Å². The van der Waals surface area contributed by atoms with Crippen molar-refractivity contribution in [2.45, 2.75) is 39.0 Å². The Kier molecular flexibility index (Phi) is 6.58. The van der Waals surface area contributed by atoms with Crippen molar-refractivity contribution in [3.8, 4) is 5.75 Å². The predicted molar refractivity (Wildman–Crippen MR) is 125 cm³/mol. The van der Waals surface area contributed by atoms with Crippen molar-refractivity contribution >= 4 is 17.4 Å². The lowest BCUT2D eigenvalue weighted by Crippen LogP contribution is -2.31. The monoisotopic (exact) mass is 445 g/mol. The number of imidazole rings is 1. The van der Waals surface area contributed by atoms with Crippen molar-refractivity contribution in [1.82, 2.24) is 14.5 Å². The van der Waals surface area contributed by atoms with Gasteiger partial charge >= 0.3 is 0 Å². The summed E-state index contributed by atoms with van der Waals surface area (Å²) in [4.78, 5) is 31.6. The summed E-state index contributed by atoms with van der Waals surface area (Å²) in [6.45, 7) is 4.91. The summed E-state index contributed by atoms with van der Waals surface area (Å²) >= 11 is 0. The normalized spacial score (nSPS) is 17.7. The Hall–Kier alpha value is -3.87. The number of carbonyl (C=O) groups is 2. The number of hydrogen-bond acceptors (Lipinski definition) is 5. The standard InChI is InChI=1S/C26H27N3O4/c1-18(2)33-21-11-9-20(10-12-21)24(30)22-23(19-7-4-3-5-8-19)29(26(32)25(22)31)15-6-14-28-16-13-27-17-28/h3-5,7-13,16-18,23,30H,6,14-15H2,1-2H3/b24-22+/t23-/m0/s1. The second kappa shape index (κ2) is 9.73. The molecule has 170 valence electrons. The molecule has 0 aliphatic carbocycles. The molecule has 7 heteroatoms. The summed E-state index contributed by atoms with van der Waals surface area (Å²) in [7, 11) is 0. The van der Waals surface area contributed by atoms with E-state index in [2.05, 4.69) is 4.98 Å². The maximum absolute atomic E-state index is 13.1. The molecule has 2 heterocycles. The molecule has 3 aromatic rings. The van der Waals surface area contributed by atoms with E-state index >= 15 is 0 Å². The van der Waals surface area contributed by atoms with Crippen LogP contribution < -0.4 is 4.74 Å². The number of ether oxygens (including phenoxy) is 1. The van der Waals surface area contributed by atoms with Crippen LogP contribution >= 0.6 is 0 Å². The molecule has 1 aliphatic rings. The molecule has 1 aromatic heterocycles. The summed E-state index contributed by atoms with van der Waals surface area (Å²) in [6, 6.07) is 15.6. The summed E-state index contributed by atoms with van der Waals surface area (Å²) in [5.74, 6) is -0.793. The van der Waals surface area contributed by atoms with E-state index in [-0.39, 0.29) is 17.4 Å². The smallest absolute Gasteiger partial charge is 0.295 e. The maximum atomic E-state index is 13.1. The number of benzene rings is 2. The summed E-state index contributed by atoms with van der Waals surface area (Å²) in [5.41, 5.74) is 1.34. The minimum atomic E-state index is -0.675. The quantitative estimate of drug-likeness (QED) is 0.319. The van der Waals surface area contributed by atoms with Crippen molar-refractivity contribution in [3.05, 3.63) is 90.0 Å². The highest BCUT2D eigenvalue weighted by atomic mass is 16.5. The summed E-state index contributed by atoms with van der Waals surface area (Å²) in [5, 5.41) is 11.1. The molecule has 33 heavy (non-hydrogen) atoms. The number of ketones is 1. The maximum Gasteiger partial charge on any atom is 0.295 e. The molecule has 0 bridgehead atoms. The first-order valence-corrected chi connectivity index (χ1v) is 11.0. The number of aromatic nitrogens is 2. The number of carbonyl (C=O) groups excluding carboxylic acids is 2. The topological polar surface area (TPSA) is 84.7 Å². The van der Waals surface area contributed by atoms with Gasteiger partial charge in [0.2, 0.25) is 0 Å². The molecule has 0 radical (unpaired) electrons. The van der Waals surface area contributed by atoms with E-state index in [9.17, 15) is 14.7 Å². The highest BCUT2D eigenvalue weighted by Gasteiger charge is 2.45. The molecule has 0 unspecified atom stereocenters. The average molecular weight is 446 g/mol. The number of amides is 1. The van der Waals surface area contributed by atoms with Gasteiger partial charge in [0, 0.05) is 31.0 Å². The minimum absolute atomic E-state index is 0.0233. The number of rotatable bonds is 8. The van der Waals surface area contributed by atoms with E-state index in [1.54, 1.807) is 41.7 Å². The van der Waals surface area contributed by atoms with Crippen LogP contribution in [0.4, 0.5) is 0 Å². The predicted octanol–water partition coefficient (Wildman–Crippen LogP) is 4.18. The van der Waals surface area contributed by atoms with Crippen LogP contribution in [0.3, 0.4) is 0 Å². The molecule has 1 aliphatic heterocycles. The van der Waals surface area contributed by atoms with Crippen molar-refractivity contribution < 1.29 is 19.4 Å². The first-order chi connectivity index (χ1) is 16.0. The number of Topliss-reactive ketones (excluding diaryl/α,β-unsaturated/α-hetero) is 1. The number of nitrogens with zero attached hydrogens (tertiary/aromatic N) is 3. The van der Waals surface area contributed by atoms with Crippen LogP contribution in [0.25, 0.3) is 5.76 Å². The Morgan fingerprint density at radius 2 is 1.79 bits per heavy atom. The van der Waals surface area contributed by atoms with Gasteiger partial charge in [-0.15, -0.1) is 0 Å². The van der Waals surface area contributed by atoms with E-state index in [4.69, 9.17) is 4.74 Å². The van der Waals surface area contributed by atoms with Crippen molar-refractivity contribution in [2.75, 3.05) is 6.54 Å². The Bertz CT molecular complexity index is 1140. The second-order valence-electron chi connectivity index (χ2n) is 8.25. The molecule has 1 fully saturated rings. The van der Waals surface area contributed by atoms with Gasteiger partial charge in [-0.2, -0.15) is 0 Å². The third-order valence-electron chi connectivity index (χ3n) is 5.53. The summed E-state index contributed by atoms with van der Waals surface area (Å²) in [6.07, 6.45) is 5.95. The Morgan fingerprint density at radius 1 is 1.06 bits per heavy atom. The van der Waals surface area contributed by atoms with Crippen LogP contribution in [0, 0.1) is 0 Å². The number of aliphatic hydroxyl groups is 1. The van der Waals surface area contributed by atoms with Gasteiger partial charge in [0.25, 0.3) is 11.7 Å². The van der Waals surface area contributed by atoms with Gasteiger partial charge in [-0.25, -0.2) is 4.98 Å². The van der Waals surface area contributed by atoms with Gasteiger partial charge in [-0.05, 0) is 50.1 Å². The van der Waals surface area contributed by atoms with Gasteiger partial charge < -0.3 is 19.3 Å². The molecule has 4 rings (SSSR count). The fourth-order valence-electron chi connectivity index (χ4n) is 4.05. The minimum Gasteiger partial charge on any atom is -0.507 e. The van der Waals surface area contributed by atoms with E-state index < -0.39 is 17.7 Å². The Labute approximate surface area is 192 Å². The van der Waals surface area contributed by atoms with E-state index in [1.807, 2.05) is 54.9 Å². The van der Waals surface area contributed by atoms with E-state index in [1.165, 1.54) is 0 Å². The van der Waals surface area contributed by atoms with Crippen LogP contribution in [0.2, 0.25) is 0 Å². The van der Waals surface area contributed by atoms with Crippen LogP contribution in [0.1, 0.15) is 37.4 Å². The zero-order valence-electron chi connectivity index (χ0n) is 18.7. The SMILES string of the molecule is CC(C)Oc1ccc(/C(O)=C2\C(=O)C(=O)N(CCCn3ccnc3)[C@H]2c2ccccc2)cc1. The largest absolute Gasteiger partial charge is 0.507 e. The molecule has 2 aromatic carbocycles. The van der Waals surface area contributed by atoms with Gasteiger partial charge in [-0.1, -0.05) is 30.3 Å². The molecule has 1 saturated heterocycles. The average Bonchev–Trinajstić information content (AvgIpc) is 3.41. The molecule has 7 nitrogen and oxygen atoms in total. The molecule has 0 saturated carbocycles. The zero-order chi connectivity index (χ0) is 23.4. The van der Waals surface area contributed by atoms with Gasteiger partial charge in [0.1, 0.15) is 11.5 Å². The molecular formula is C26H27N3O4. The van der Waals surface area contributed by atoms with Gasteiger partial charge in [-0.3, -0.25) is 9.59 Å². The van der Waals surface area contributed by atoms with Crippen LogP contribution in [-0.2, 0) is 16.1 Å². The lowest BCUT2D eigenvalue weighted by molar-refractivity contribution is -0.139. The second-order valence-corrected chi connectivity index (χ2v) is 8.25. The van der Waals surface area contributed by atoms with Crippen LogP contribution in [-0.4, -0.2) is 43.9 Å². The Balaban J connectivity index is 1.67. The van der Waals surface area contributed by atoms with Gasteiger partial charge in [0.05, 0.1) is 24.0 Å². The first-order valence-electron chi connectivity index (χ1n) is 11.0. The molecule has 1 atom stereocenters. The van der Waals surface area contributed by atoms with Crippen molar-refractivity contribution in [3.63, 3.8) is 0 Å². The first kappa shape index (κ1) is 22.3. The number of aliphatic hydroxyl groups excluding tert-OH is 1. The van der Waals surface area contributed by atoms with Crippen LogP contribution in [0.5, 0.6) is 5.75 Å². The molecule has 0 spiro atoms. The van der Waals surface area contributed by atoms with Crippen molar-refractivity contribution in [1.29, 1.82) is 0 Å². The third-order valence-corrected chi connectivity index (χ3v) is 5.53. The Morgan fingerprint density at radius 3 is 2.42 bits per heavy atom. The van der Waals surface area contributed by atoms with Gasteiger partial charge in [0.15, 0.2) is 0 Å². The lowest BCUT2D eigenvalue weighted by atomic mass is 9.95. The van der Waals surface area contributed by atoms with Crippen molar-refractivity contribution in [2.24, 2.45) is 0 Å².